The highest BCUT2D eigenvalue weighted by atomic mass is 16.5. The lowest BCUT2D eigenvalue weighted by Crippen LogP contribution is -2.47. The van der Waals surface area contributed by atoms with Crippen molar-refractivity contribution in [1.82, 2.24) is 0 Å². The maximum atomic E-state index is 12.3. The van der Waals surface area contributed by atoms with E-state index in [0.717, 1.165) is 12.8 Å². The van der Waals surface area contributed by atoms with E-state index < -0.39 is 24.0 Å². The number of carbonyl (C=O) groups is 2. The van der Waals surface area contributed by atoms with Gasteiger partial charge >= 0.3 is 11.9 Å². The molecule has 1 rings (SSSR count). The van der Waals surface area contributed by atoms with Crippen LogP contribution in [-0.2, 0) is 9.53 Å². The van der Waals surface area contributed by atoms with Gasteiger partial charge in [0.25, 0.3) is 0 Å². The number of rotatable bonds is 9. The average Bonchev–Trinajstić information content (AvgIpc) is 2.46. The number of quaternary nitrogens is 1. The Kier molecular flexibility index (Phi) is 7.23. The van der Waals surface area contributed by atoms with Crippen LogP contribution >= 0.6 is 0 Å². The van der Waals surface area contributed by atoms with E-state index in [-0.39, 0.29) is 0 Å². The lowest BCUT2D eigenvalue weighted by molar-refractivity contribution is -0.873. The van der Waals surface area contributed by atoms with Gasteiger partial charge < -0.3 is 14.3 Å². The average molecular weight is 322 g/mol. The summed E-state index contributed by atoms with van der Waals surface area (Å²) in [6.07, 6.45) is 1.58. The smallest absolute Gasteiger partial charge is 0.338 e. The number of carboxylic acids is 1. The van der Waals surface area contributed by atoms with Gasteiger partial charge in [-0.05, 0) is 18.6 Å². The summed E-state index contributed by atoms with van der Waals surface area (Å²) in [6, 6.07) is 8.69. The normalized spacial score (nSPS) is 14.1. The van der Waals surface area contributed by atoms with Crippen LogP contribution in [0.3, 0.4) is 0 Å². The second-order valence-electron chi connectivity index (χ2n) is 6.87. The van der Waals surface area contributed by atoms with Gasteiger partial charge in [0.15, 0.2) is 6.10 Å². The fourth-order valence-corrected chi connectivity index (χ4v) is 2.46. The van der Waals surface area contributed by atoms with Crippen LogP contribution in [0.4, 0.5) is 0 Å². The molecule has 5 nitrogen and oxygen atoms in total. The van der Waals surface area contributed by atoms with Crippen LogP contribution in [0.15, 0.2) is 30.3 Å². The third-order valence-corrected chi connectivity index (χ3v) is 3.63. The molecule has 0 saturated heterocycles. The molecule has 0 aliphatic carbocycles. The molecular formula is C18H28NO4+. The highest BCUT2D eigenvalue weighted by Gasteiger charge is 2.35. The Morgan fingerprint density at radius 3 is 2.26 bits per heavy atom. The summed E-state index contributed by atoms with van der Waals surface area (Å²) >= 11 is 0. The number of benzene rings is 1. The number of hydrogen-bond acceptors (Lipinski definition) is 3. The second kappa shape index (κ2) is 8.67. The maximum Gasteiger partial charge on any atom is 0.338 e. The van der Waals surface area contributed by atoms with Gasteiger partial charge in [0, 0.05) is 0 Å². The first-order chi connectivity index (χ1) is 10.7. The van der Waals surface area contributed by atoms with Crippen molar-refractivity contribution < 1.29 is 23.9 Å². The molecule has 0 amide bonds. The fourth-order valence-electron chi connectivity index (χ4n) is 2.46. The zero-order chi connectivity index (χ0) is 17.5. The Labute approximate surface area is 138 Å². The maximum absolute atomic E-state index is 12.3. The Hall–Kier alpha value is -1.88. The monoisotopic (exact) mass is 322 g/mol. The van der Waals surface area contributed by atoms with Gasteiger partial charge in [-0.25, -0.2) is 4.79 Å². The van der Waals surface area contributed by atoms with Gasteiger partial charge in [-0.3, -0.25) is 4.79 Å². The van der Waals surface area contributed by atoms with E-state index in [1.807, 2.05) is 34.1 Å². The molecule has 23 heavy (non-hydrogen) atoms. The van der Waals surface area contributed by atoms with Crippen LogP contribution in [0.2, 0.25) is 0 Å². The standard InChI is InChI=1S/C18H27NO4/c1-5-6-12-15(17(20)21)16(13-19(2,3)4)23-18(22)14-10-8-7-9-11-14/h7-11,15-16H,5-6,12-13H2,1-4H3/p+1. The minimum atomic E-state index is -0.905. The Bertz CT molecular complexity index is 508. The highest BCUT2D eigenvalue weighted by Crippen LogP contribution is 2.20. The zero-order valence-corrected chi connectivity index (χ0v) is 14.5. The van der Waals surface area contributed by atoms with Crippen LogP contribution in [0.25, 0.3) is 0 Å². The minimum Gasteiger partial charge on any atom is -0.481 e. The minimum absolute atomic E-state index is 0.443. The van der Waals surface area contributed by atoms with Crippen LogP contribution in [0, 0.1) is 5.92 Å². The number of likely N-dealkylation sites (N-methyl/N-ethyl adjacent to an activating group) is 1. The van der Waals surface area contributed by atoms with Crippen molar-refractivity contribution in [2.45, 2.75) is 32.3 Å². The summed E-state index contributed by atoms with van der Waals surface area (Å²) in [5.74, 6) is -2.05. The predicted octanol–water partition coefficient (Wildman–Crippen LogP) is 2.81. The molecule has 1 aromatic rings. The van der Waals surface area contributed by atoms with Crippen molar-refractivity contribution >= 4 is 11.9 Å². The molecule has 128 valence electrons. The van der Waals surface area contributed by atoms with Crippen molar-refractivity contribution in [3.05, 3.63) is 35.9 Å². The van der Waals surface area contributed by atoms with Crippen molar-refractivity contribution in [2.75, 3.05) is 27.7 Å². The molecular weight excluding hydrogens is 294 g/mol. The molecule has 2 atom stereocenters. The molecule has 2 unspecified atom stereocenters. The number of aliphatic carboxylic acids is 1. The van der Waals surface area contributed by atoms with Crippen molar-refractivity contribution in [3.63, 3.8) is 0 Å². The molecule has 0 aliphatic rings. The summed E-state index contributed by atoms with van der Waals surface area (Å²) in [6.45, 7) is 2.48. The summed E-state index contributed by atoms with van der Waals surface area (Å²) in [7, 11) is 5.88. The molecule has 0 aliphatic heterocycles. The summed E-state index contributed by atoms with van der Waals surface area (Å²) in [5.41, 5.74) is 0.443. The third kappa shape index (κ3) is 6.82. The largest absolute Gasteiger partial charge is 0.481 e. The van der Waals surface area contributed by atoms with Crippen LogP contribution in [0.5, 0.6) is 0 Å². The molecule has 5 heteroatoms. The zero-order valence-electron chi connectivity index (χ0n) is 14.5. The number of esters is 1. The predicted molar refractivity (Wildman–Crippen MR) is 89.2 cm³/mol. The number of carboxylic acid groups (broad SMARTS) is 1. The molecule has 0 spiro atoms. The summed E-state index contributed by atoms with van der Waals surface area (Å²) in [4.78, 5) is 24.0. The van der Waals surface area contributed by atoms with Gasteiger partial charge in [0.05, 0.1) is 32.6 Å². The molecule has 0 bridgehead atoms. The lowest BCUT2D eigenvalue weighted by Gasteiger charge is -2.32. The van der Waals surface area contributed by atoms with E-state index in [9.17, 15) is 14.7 Å². The van der Waals surface area contributed by atoms with E-state index in [4.69, 9.17) is 4.74 Å². The van der Waals surface area contributed by atoms with Crippen LogP contribution in [-0.4, -0.2) is 55.3 Å². The number of nitrogens with zero attached hydrogens (tertiary/aromatic N) is 1. The molecule has 0 saturated carbocycles. The number of hydrogen-bond donors (Lipinski definition) is 1. The molecule has 0 radical (unpaired) electrons. The van der Waals surface area contributed by atoms with Gasteiger partial charge in [-0.2, -0.15) is 0 Å². The van der Waals surface area contributed by atoms with Gasteiger partial charge in [0.2, 0.25) is 0 Å². The second-order valence-corrected chi connectivity index (χ2v) is 6.87. The number of unbranched alkanes of at least 4 members (excludes halogenated alkanes) is 1. The quantitative estimate of drug-likeness (QED) is 0.561. The number of ether oxygens (including phenoxy) is 1. The van der Waals surface area contributed by atoms with E-state index >= 15 is 0 Å². The molecule has 0 aromatic heterocycles. The topological polar surface area (TPSA) is 63.6 Å². The molecule has 0 fully saturated rings. The SMILES string of the molecule is CCCCC(C(=O)O)C(C[N+](C)(C)C)OC(=O)c1ccccc1. The van der Waals surface area contributed by atoms with E-state index in [1.165, 1.54) is 0 Å². The lowest BCUT2D eigenvalue weighted by atomic mass is 9.95. The van der Waals surface area contributed by atoms with E-state index in [0.29, 0.717) is 23.0 Å². The first kappa shape index (κ1) is 19.2. The molecule has 1 aromatic carbocycles. The van der Waals surface area contributed by atoms with Crippen LogP contribution in [0.1, 0.15) is 36.5 Å². The van der Waals surface area contributed by atoms with Gasteiger partial charge in [0.1, 0.15) is 6.54 Å². The van der Waals surface area contributed by atoms with E-state index in [2.05, 4.69) is 0 Å². The third-order valence-electron chi connectivity index (χ3n) is 3.63. The Morgan fingerprint density at radius 1 is 1.17 bits per heavy atom. The van der Waals surface area contributed by atoms with Crippen molar-refractivity contribution in [3.8, 4) is 0 Å². The van der Waals surface area contributed by atoms with Gasteiger partial charge in [-0.15, -0.1) is 0 Å². The molecule has 0 heterocycles. The van der Waals surface area contributed by atoms with Crippen LogP contribution < -0.4 is 0 Å². The Morgan fingerprint density at radius 2 is 1.78 bits per heavy atom. The Balaban J connectivity index is 2.94. The fraction of sp³-hybridized carbons (Fsp3) is 0.556. The number of carbonyl (C=O) groups excluding carboxylic acids is 1. The van der Waals surface area contributed by atoms with Gasteiger partial charge in [-0.1, -0.05) is 38.0 Å². The van der Waals surface area contributed by atoms with E-state index in [1.54, 1.807) is 24.3 Å². The summed E-state index contributed by atoms with van der Waals surface area (Å²) in [5, 5.41) is 9.55. The first-order valence-electron chi connectivity index (χ1n) is 8.04. The molecule has 1 N–H and O–H groups in total. The highest BCUT2D eigenvalue weighted by molar-refractivity contribution is 5.89. The van der Waals surface area contributed by atoms with Crippen molar-refractivity contribution in [1.29, 1.82) is 0 Å². The van der Waals surface area contributed by atoms with Crippen molar-refractivity contribution in [2.24, 2.45) is 5.92 Å². The first-order valence-corrected chi connectivity index (χ1v) is 8.04. The summed E-state index contributed by atoms with van der Waals surface area (Å²) < 4.78 is 6.13.